The lowest BCUT2D eigenvalue weighted by Gasteiger charge is -2.18. The Morgan fingerprint density at radius 1 is 1.00 bits per heavy atom. The molecule has 0 saturated carbocycles. The third kappa shape index (κ3) is 6.28. The van der Waals surface area contributed by atoms with Crippen molar-refractivity contribution in [3.05, 3.63) is 82.8 Å². The summed E-state index contributed by atoms with van der Waals surface area (Å²) >= 11 is 0. The van der Waals surface area contributed by atoms with Crippen molar-refractivity contribution in [1.29, 1.82) is 0 Å². The highest BCUT2D eigenvalue weighted by Gasteiger charge is 2.16. The number of hydrogen-bond acceptors (Lipinski definition) is 6. The number of aryl methyl sites for hydroxylation is 1. The van der Waals surface area contributed by atoms with Gasteiger partial charge < -0.3 is 14.7 Å². The number of nitrogens with zero attached hydrogens (tertiary/aromatic N) is 3. The highest BCUT2D eigenvalue weighted by atomic mass is 16.5. The molecule has 3 rings (SSSR count). The number of amides is 1. The number of anilines is 2. The summed E-state index contributed by atoms with van der Waals surface area (Å²) in [5, 5.41) is 11.9. The number of benzene rings is 2. The summed E-state index contributed by atoms with van der Waals surface area (Å²) in [5.41, 5.74) is 3.76. The molecule has 0 aliphatic rings. The molecule has 8 nitrogen and oxygen atoms in total. The Kier molecular flexibility index (Phi) is 7.38. The smallest absolute Gasteiger partial charge is 0.411 e. The monoisotopic (exact) mass is 434 g/mol. The molecule has 0 aliphatic carbocycles. The number of rotatable bonds is 8. The van der Waals surface area contributed by atoms with Gasteiger partial charge >= 0.3 is 12.1 Å². The number of carbonyl (C=O) groups excluding carboxylic acids is 1. The number of carboxylic acids is 1. The lowest BCUT2D eigenvalue weighted by molar-refractivity contribution is -0.136. The zero-order valence-electron chi connectivity index (χ0n) is 18.3. The largest absolute Gasteiger partial charge is 0.481 e. The molecule has 0 unspecified atom stereocenters. The molecule has 2 N–H and O–H groups in total. The number of ether oxygens (including phenoxy) is 1. The van der Waals surface area contributed by atoms with Gasteiger partial charge in [0, 0.05) is 37.5 Å². The van der Waals surface area contributed by atoms with E-state index >= 15 is 0 Å². The van der Waals surface area contributed by atoms with Crippen molar-refractivity contribution >= 4 is 23.6 Å². The fourth-order valence-electron chi connectivity index (χ4n) is 3.21. The molecule has 0 saturated heterocycles. The molecular weight excluding hydrogens is 408 g/mol. The van der Waals surface area contributed by atoms with E-state index in [9.17, 15) is 9.59 Å². The van der Waals surface area contributed by atoms with Crippen LogP contribution in [0.1, 0.15) is 28.2 Å². The summed E-state index contributed by atoms with van der Waals surface area (Å²) in [6.07, 6.45) is -0.168. The first-order chi connectivity index (χ1) is 15.3. The maximum Gasteiger partial charge on any atom is 0.411 e. The minimum absolute atomic E-state index is 0.125. The average molecular weight is 434 g/mol. The van der Waals surface area contributed by atoms with Gasteiger partial charge in [-0.1, -0.05) is 42.5 Å². The van der Waals surface area contributed by atoms with Crippen LogP contribution < -0.4 is 10.2 Å². The number of carboxylic acid groups (broad SMARTS) is 1. The number of carbonyl (C=O) groups is 2. The quantitative estimate of drug-likeness (QED) is 0.555. The number of nitrogens with one attached hydrogen (secondary N) is 1. The Morgan fingerprint density at radius 3 is 2.31 bits per heavy atom. The van der Waals surface area contributed by atoms with E-state index in [4.69, 9.17) is 9.84 Å². The molecule has 32 heavy (non-hydrogen) atoms. The van der Waals surface area contributed by atoms with Crippen LogP contribution in [0.25, 0.3) is 0 Å². The Hall–Kier alpha value is -3.94. The highest BCUT2D eigenvalue weighted by Crippen LogP contribution is 2.21. The second-order valence-corrected chi connectivity index (χ2v) is 7.55. The van der Waals surface area contributed by atoms with Crippen molar-refractivity contribution in [3.8, 4) is 0 Å². The molecule has 166 valence electrons. The van der Waals surface area contributed by atoms with Gasteiger partial charge in [-0.05, 0) is 30.2 Å². The van der Waals surface area contributed by atoms with E-state index in [0.717, 1.165) is 11.1 Å². The van der Waals surface area contributed by atoms with Crippen LogP contribution >= 0.6 is 0 Å². The van der Waals surface area contributed by atoms with Crippen molar-refractivity contribution in [2.24, 2.45) is 0 Å². The van der Waals surface area contributed by atoms with E-state index in [2.05, 4.69) is 15.3 Å². The first-order valence-electron chi connectivity index (χ1n) is 10.1. The summed E-state index contributed by atoms with van der Waals surface area (Å²) in [6.45, 7) is 2.00. The molecule has 2 aromatic carbocycles. The van der Waals surface area contributed by atoms with E-state index < -0.39 is 12.1 Å². The molecule has 1 heterocycles. The minimum Gasteiger partial charge on any atom is -0.481 e. The van der Waals surface area contributed by atoms with Crippen LogP contribution in [0.5, 0.6) is 0 Å². The summed E-state index contributed by atoms with van der Waals surface area (Å²) < 4.78 is 5.23. The summed E-state index contributed by atoms with van der Waals surface area (Å²) in [6, 6.07) is 16.8. The SMILES string of the molecule is Cc1nc(Cc2ccc(NC(=O)OCc3ccccc3)cc2)nc(N(C)C)c1CC(=O)O. The van der Waals surface area contributed by atoms with E-state index in [1.54, 1.807) is 24.0 Å². The fourth-order valence-corrected chi connectivity index (χ4v) is 3.21. The van der Waals surface area contributed by atoms with Gasteiger partial charge in [0.15, 0.2) is 0 Å². The summed E-state index contributed by atoms with van der Waals surface area (Å²) in [4.78, 5) is 34.1. The van der Waals surface area contributed by atoms with Gasteiger partial charge in [-0.15, -0.1) is 0 Å². The molecule has 8 heteroatoms. The molecule has 0 spiro atoms. The fraction of sp³-hybridized carbons (Fsp3) is 0.250. The maximum atomic E-state index is 12.0. The predicted molar refractivity (Wildman–Crippen MR) is 122 cm³/mol. The van der Waals surface area contributed by atoms with Crippen LogP contribution in [0.4, 0.5) is 16.3 Å². The average Bonchev–Trinajstić information content (AvgIpc) is 2.75. The highest BCUT2D eigenvalue weighted by molar-refractivity contribution is 5.84. The molecule has 0 aliphatic heterocycles. The number of hydrogen-bond donors (Lipinski definition) is 2. The lowest BCUT2D eigenvalue weighted by atomic mass is 10.1. The van der Waals surface area contributed by atoms with Crippen LogP contribution in [0.15, 0.2) is 54.6 Å². The molecule has 0 bridgehead atoms. The van der Waals surface area contributed by atoms with Crippen LogP contribution in [0.3, 0.4) is 0 Å². The van der Waals surface area contributed by atoms with Gasteiger partial charge in [0.25, 0.3) is 0 Å². The van der Waals surface area contributed by atoms with Crippen molar-refractivity contribution in [2.45, 2.75) is 26.4 Å². The van der Waals surface area contributed by atoms with Gasteiger partial charge in [0.05, 0.1) is 6.42 Å². The van der Waals surface area contributed by atoms with Gasteiger partial charge in [0.1, 0.15) is 18.2 Å². The molecule has 3 aromatic rings. The molecule has 0 radical (unpaired) electrons. The molecule has 1 amide bonds. The molecular formula is C24H26N4O4. The Balaban J connectivity index is 1.64. The molecule has 0 atom stereocenters. The van der Waals surface area contributed by atoms with Crippen LogP contribution in [0, 0.1) is 6.92 Å². The van der Waals surface area contributed by atoms with Gasteiger partial charge in [-0.25, -0.2) is 14.8 Å². The maximum absolute atomic E-state index is 12.0. The van der Waals surface area contributed by atoms with Crippen LogP contribution in [-0.2, 0) is 29.0 Å². The Labute approximate surface area is 186 Å². The zero-order valence-corrected chi connectivity index (χ0v) is 18.3. The minimum atomic E-state index is -0.919. The standard InChI is InChI=1S/C24H26N4O4/c1-16-20(14-22(29)30)23(28(2)3)27-21(25-16)13-17-9-11-19(12-10-17)26-24(31)32-15-18-7-5-4-6-8-18/h4-12H,13-15H2,1-3H3,(H,26,31)(H,29,30). The van der Waals surface area contributed by atoms with E-state index in [1.807, 2.05) is 56.6 Å². The van der Waals surface area contributed by atoms with E-state index in [0.29, 0.717) is 35.0 Å². The second kappa shape index (κ2) is 10.4. The van der Waals surface area contributed by atoms with Crippen molar-refractivity contribution < 1.29 is 19.4 Å². The van der Waals surface area contributed by atoms with Gasteiger partial charge in [-0.3, -0.25) is 10.1 Å². The van der Waals surface area contributed by atoms with Crippen LogP contribution in [-0.4, -0.2) is 41.2 Å². The van der Waals surface area contributed by atoms with Gasteiger partial charge in [0.2, 0.25) is 0 Å². The summed E-state index contributed by atoms with van der Waals surface area (Å²) in [5.74, 6) is 0.288. The topological polar surface area (TPSA) is 105 Å². The first-order valence-corrected chi connectivity index (χ1v) is 10.1. The van der Waals surface area contributed by atoms with Crippen LogP contribution in [0.2, 0.25) is 0 Å². The predicted octanol–water partition coefficient (Wildman–Crippen LogP) is 3.82. The third-order valence-electron chi connectivity index (χ3n) is 4.77. The van der Waals surface area contributed by atoms with Gasteiger partial charge in [-0.2, -0.15) is 0 Å². The summed E-state index contributed by atoms with van der Waals surface area (Å²) in [7, 11) is 3.66. The number of aromatic nitrogens is 2. The number of aliphatic carboxylic acids is 1. The van der Waals surface area contributed by atoms with E-state index in [-0.39, 0.29) is 13.0 Å². The zero-order chi connectivity index (χ0) is 23.1. The second-order valence-electron chi connectivity index (χ2n) is 7.55. The van der Waals surface area contributed by atoms with E-state index in [1.165, 1.54) is 0 Å². The Bertz CT molecular complexity index is 1080. The lowest BCUT2D eigenvalue weighted by Crippen LogP contribution is -2.18. The third-order valence-corrected chi connectivity index (χ3v) is 4.77. The Morgan fingerprint density at radius 2 is 1.69 bits per heavy atom. The van der Waals surface area contributed by atoms with Crippen molar-refractivity contribution in [2.75, 3.05) is 24.3 Å². The molecule has 1 aromatic heterocycles. The first kappa shape index (κ1) is 22.7. The van der Waals surface area contributed by atoms with Crippen molar-refractivity contribution in [3.63, 3.8) is 0 Å². The van der Waals surface area contributed by atoms with Crippen molar-refractivity contribution in [1.82, 2.24) is 9.97 Å². The molecule has 0 fully saturated rings. The normalized spacial score (nSPS) is 10.5.